The maximum Gasteiger partial charge on any atom is 0.267 e. The number of amides is 1. The second kappa shape index (κ2) is 10.3. The van der Waals surface area contributed by atoms with Crippen LogP contribution in [0.1, 0.15) is 5.56 Å². The van der Waals surface area contributed by atoms with Gasteiger partial charge in [-0.05, 0) is 61.5 Å². The Morgan fingerprint density at radius 2 is 1.51 bits per heavy atom. The maximum atomic E-state index is 13.5. The SMILES string of the molecule is Cc1ccc(S(=O)(=O)N2C[C@H](C(=O)Nc3ccc(S(=O)(=O)Nc4ncccn4)cc3)Oc3ccccc32)cc1. The van der Waals surface area contributed by atoms with Gasteiger partial charge in [0.1, 0.15) is 5.75 Å². The minimum atomic E-state index is -3.99. The van der Waals surface area contributed by atoms with Crippen LogP contribution in [-0.4, -0.2) is 45.4 Å². The van der Waals surface area contributed by atoms with Crippen molar-refractivity contribution in [3.63, 3.8) is 0 Å². The van der Waals surface area contributed by atoms with Crippen LogP contribution < -0.4 is 19.1 Å². The monoisotopic (exact) mass is 565 g/mol. The van der Waals surface area contributed by atoms with Crippen molar-refractivity contribution in [2.45, 2.75) is 22.8 Å². The van der Waals surface area contributed by atoms with Crippen LogP contribution in [0.3, 0.4) is 0 Å². The average molecular weight is 566 g/mol. The molecule has 2 N–H and O–H groups in total. The number of benzene rings is 3. The van der Waals surface area contributed by atoms with E-state index in [1.807, 2.05) is 6.92 Å². The van der Waals surface area contributed by atoms with Crippen molar-refractivity contribution >= 4 is 43.3 Å². The number of para-hydroxylation sites is 2. The number of fused-ring (bicyclic) bond motifs is 1. The Bertz CT molecular complexity index is 1710. The number of aromatic nitrogens is 2. The predicted molar refractivity (Wildman–Crippen MR) is 144 cm³/mol. The van der Waals surface area contributed by atoms with Gasteiger partial charge in [0, 0.05) is 18.1 Å². The highest BCUT2D eigenvalue weighted by atomic mass is 32.2. The van der Waals surface area contributed by atoms with Crippen LogP contribution in [0.25, 0.3) is 0 Å². The molecule has 13 heteroatoms. The molecule has 200 valence electrons. The second-order valence-electron chi connectivity index (χ2n) is 8.61. The summed E-state index contributed by atoms with van der Waals surface area (Å²) in [5.41, 5.74) is 1.54. The highest BCUT2D eigenvalue weighted by molar-refractivity contribution is 7.93. The lowest BCUT2D eigenvalue weighted by atomic mass is 10.2. The van der Waals surface area contributed by atoms with Crippen molar-refractivity contribution in [3.05, 3.63) is 96.8 Å². The normalized spacial score (nSPS) is 15.1. The van der Waals surface area contributed by atoms with E-state index in [0.29, 0.717) is 11.4 Å². The summed E-state index contributed by atoms with van der Waals surface area (Å²) in [7, 11) is -7.94. The molecule has 2 heterocycles. The van der Waals surface area contributed by atoms with Gasteiger partial charge in [-0.2, -0.15) is 0 Å². The quantitative estimate of drug-likeness (QED) is 0.347. The van der Waals surface area contributed by atoms with Gasteiger partial charge in [-0.15, -0.1) is 0 Å². The molecule has 4 aromatic rings. The van der Waals surface area contributed by atoms with Crippen LogP contribution in [0.2, 0.25) is 0 Å². The first-order valence-electron chi connectivity index (χ1n) is 11.7. The van der Waals surface area contributed by atoms with Gasteiger partial charge in [-0.1, -0.05) is 29.8 Å². The molecule has 0 bridgehead atoms. The number of rotatable bonds is 7. The predicted octanol–water partition coefficient (Wildman–Crippen LogP) is 3.18. The first-order chi connectivity index (χ1) is 18.6. The third kappa shape index (κ3) is 5.54. The van der Waals surface area contributed by atoms with Crippen molar-refractivity contribution < 1.29 is 26.4 Å². The van der Waals surface area contributed by atoms with E-state index in [1.165, 1.54) is 48.8 Å². The van der Waals surface area contributed by atoms with Crippen LogP contribution in [0, 0.1) is 6.92 Å². The number of aryl methyl sites for hydroxylation is 1. The van der Waals surface area contributed by atoms with E-state index >= 15 is 0 Å². The number of ether oxygens (including phenoxy) is 1. The molecule has 1 atom stereocenters. The van der Waals surface area contributed by atoms with E-state index in [9.17, 15) is 21.6 Å². The molecule has 0 saturated heterocycles. The number of anilines is 3. The van der Waals surface area contributed by atoms with Gasteiger partial charge in [-0.25, -0.2) is 31.5 Å². The van der Waals surface area contributed by atoms with Crippen LogP contribution in [-0.2, 0) is 24.8 Å². The number of hydrogen-bond acceptors (Lipinski definition) is 8. The van der Waals surface area contributed by atoms with E-state index < -0.39 is 32.1 Å². The smallest absolute Gasteiger partial charge is 0.267 e. The molecule has 0 saturated carbocycles. The number of nitrogens with one attached hydrogen (secondary N) is 2. The third-order valence-electron chi connectivity index (χ3n) is 5.86. The molecule has 11 nitrogen and oxygen atoms in total. The van der Waals surface area contributed by atoms with Crippen molar-refractivity contribution in [1.29, 1.82) is 0 Å². The van der Waals surface area contributed by atoms with Crippen LogP contribution in [0.15, 0.2) is 101 Å². The van der Waals surface area contributed by atoms with Crippen LogP contribution >= 0.6 is 0 Å². The van der Waals surface area contributed by atoms with Crippen molar-refractivity contribution in [2.75, 3.05) is 20.9 Å². The number of carbonyl (C=O) groups excluding carboxylic acids is 1. The van der Waals surface area contributed by atoms with E-state index in [1.54, 1.807) is 42.5 Å². The van der Waals surface area contributed by atoms with Gasteiger partial charge in [0.2, 0.25) is 5.95 Å². The summed E-state index contributed by atoms with van der Waals surface area (Å²) in [5.74, 6) is -0.426. The maximum absolute atomic E-state index is 13.5. The zero-order valence-electron chi connectivity index (χ0n) is 20.6. The second-order valence-corrected chi connectivity index (χ2v) is 12.2. The van der Waals surface area contributed by atoms with E-state index in [0.717, 1.165) is 9.87 Å². The summed E-state index contributed by atoms with van der Waals surface area (Å²) in [6.45, 7) is 1.60. The largest absolute Gasteiger partial charge is 0.476 e. The average Bonchev–Trinajstić information content (AvgIpc) is 2.93. The van der Waals surface area contributed by atoms with E-state index in [4.69, 9.17) is 4.74 Å². The summed E-state index contributed by atoms with van der Waals surface area (Å²) < 4.78 is 61.5. The Hall–Kier alpha value is -4.49. The molecule has 0 spiro atoms. The topological polar surface area (TPSA) is 148 Å². The molecule has 0 radical (unpaired) electrons. The van der Waals surface area contributed by atoms with Gasteiger partial charge in [0.25, 0.3) is 26.0 Å². The Kier molecular flexibility index (Phi) is 6.93. The molecule has 3 aromatic carbocycles. The van der Waals surface area contributed by atoms with Gasteiger partial charge >= 0.3 is 0 Å². The van der Waals surface area contributed by atoms with Crippen LogP contribution in [0.4, 0.5) is 17.3 Å². The Morgan fingerprint density at radius 1 is 0.872 bits per heavy atom. The summed E-state index contributed by atoms with van der Waals surface area (Å²) in [5, 5.41) is 2.66. The highest BCUT2D eigenvalue weighted by Gasteiger charge is 2.37. The Morgan fingerprint density at radius 3 is 2.21 bits per heavy atom. The minimum absolute atomic E-state index is 0.0637. The lowest BCUT2D eigenvalue weighted by Gasteiger charge is -2.34. The standard InChI is InChI=1S/C26H23N5O6S2/c1-18-7-11-21(12-8-18)39(35,36)31-17-24(37-23-6-3-2-5-22(23)31)25(32)29-19-9-13-20(14-10-19)38(33,34)30-26-27-15-4-16-28-26/h2-16,24H,17H2,1H3,(H,29,32)(H,27,28,30)/t24-/m1/s1. The molecule has 39 heavy (non-hydrogen) atoms. The fraction of sp³-hybridized carbons (Fsp3) is 0.115. The molecule has 5 rings (SSSR count). The van der Waals surface area contributed by atoms with Crippen molar-refractivity contribution in [2.24, 2.45) is 0 Å². The molecule has 0 fully saturated rings. The molecule has 1 amide bonds. The minimum Gasteiger partial charge on any atom is -0.476 e. The fourth-order valence-electron chi connectivity index (χ4n) is 3.87. The van der Waals surface area contributed by atoms with Crippen molar-refractivity contribution in [1.82, 2.24) is 9.97 Å². The first kappa shape index (κ1) is 26.1. The molecule has 0 unspecified atom stereocenters. The third-order valence-corrected chi connectivity index (χ3v) is 9.00. The van der Waals surface area contributed by atoms with E-state index in [2.05, 4.69) is 20.0 Å². The van der Waals surface area contributed by atoms with Gasteiger partial charge in [0.05, 0.1) is 22.0 Å². The molecule has 1 aliphatic heterocycles. The number of nitrogens with zero attached hydrogens (tertiary/aromatic N) is 3. The van der Waals surface area contributed by atoms with E-state index in [-0.39, 0.29) is 28.0 Å². The lowest BCUT2D eigenvalue weighted by Crippen LogP contribution is -2.48. The zero-order valence-corrected chi connectivity index (χ0v) is 22.2. The molecular formula is C26H23N5O6S2. The van der Waals surface area contributed by atoms with Crippen LogP contribution in [0.5, 0.6) is 5.75 Å². The summed E-state index contributed by atoms with van der Waals surface area (Å²) >= 11 is 0. The molecule has 0 aliphatic carbocycles. The summed E-state index contributed by atoms with van der Waals surface area (Å²) in [4.78, 5) is 20.9. The molecule has 1 aromatic heterocycles. The Balaban J connectivity index is 1.34. The lowest BCUT2D eigenvalue weighted by molar-refractivity contribution is -0.122. The highest BCUT2D eigenvalue weighted by Crippen LogP contribution is 2.37. The van der Waals surface area contributed by atoms with Gasteiger partial charge in [-0.3, -0.25) is 9.10 Å². The number of sulfonamides is 2. The summed E-state index contributed by atoms with van der Waals surface area (Å²) in [6.07, 6.45) is 1.64. The summed E-state index contributed by atoms with van der Waals surface area (Å²) in [6, 6.07) is 20.0. The first-order valence-corrected chi connectivity index (χ1v) is 14.6. The number of carbonyl (C=O) groups is 1. The van der Waals surface area contributed by atoms with Gasteiger partial charge < -0.3 is 10.1 Å². The van der Waals surface area contributed by atoms with Crippen molar-refractivity contribution in [3.8, 4) is 5.75 Å². The zero-order chi connectivity index (χ0) is 27.6. The molecular weight excluding hydrogens is 542 g/mol. The number of hydrogen-bond donors (Lipinski definition) is 2. The Labute approximate surface area is 225 Å². The van der Waals surface area contributed by atoms with Gasteiger partial charge in [0.15, 0.2) is 6.10 Å². The fourth-order valence-corrected chi connectivity index (χ4v) is 6.31. The molecule has 1 aliphatic rings.